The van der Waals surface area contributed by atoms with Crippen LogP contribution in [0.1, 0.15) is 30.3 Å². The molecule has 1 unspecified atom stereocenters. The van der Waals surface area contributed by atoms with Gasteiger partial charge in [0.25, 0.3) is 5.91 Å². The van der Waals surface area contributed by atoms with Gasteiger partial charge < -0.3 is 15.0 Å². The van der Waals surface area contributed by atoms with Gasteiger partial charge in [-0.3, -0.25) is 14.7 Å². The number of amides is 1. The number of carbonyl (C=O) groups excluding carboxylic acids is 1. The van der Waals surface area contributed by atoms with E-state index in [-0.39, 0.29) is 5.91 Å². The van der Waals surface area contributed by atoms with Crippen molar-refractivity contribution in [2.75, 3.05) is 57.4 Å². The SMILES string of the molecule is CC1CCCN(c2ccnc(C(=O)NCCN3CCOCC3)c2)C1. The van der Waals surface area contributed by atoms with Crippen LogP contribution in [0.3, 0.4) is 0 Å². The lowest BCUT2D eigenvalue weighted by Crippen LogP contribution is -2.41. The van der Waals surface area contributed by atoms with Crippen LogP contribution in [0.5, 0.6) is 0 Å². The highest BCUT2D eigenvalue weighted by atomic mass is 16.5. The minimum absolute atomic E-state index is 0.0878. The summed E-state index contributed by atoms with van der Waals surface area (Å²) >= 11 is 0. The van der Waals surface area contributed by atoms with Gasteiger partial charge >= 0.3 is 0 Å². The fourth-order valence-corrected chi connectivity index (χ4v) is 3.41. The Balaban J connectivity index is 1.52. The predicted octanol–water partition coefficient (Wildman–Crippen LogP) is 1.38. The number of rotatable bonds is 5. The number of aromatic nitrogens is 1. The van der Waals surface area contributed by atoms with Crippen molar-refractivity contribution in [3.63, 3.8) is 0 Å². The Kier molecular flexibility index (Phi) is 6.04. The molecule has 132 valence electrons. The summed E-state index contributed by atoms with van der Waals surface area (Å²) in [6, 6.07) is 3.92. The van der Waals surface area contributed by atoms with Crippen LogP contribution in [0, 0.1) is 5.92 Å². The summed E-state index contributed by atoms with van der Waals surface area (Å²) in [5.74, 6) is 0.618. The van der Waals surface area contributed by atoms with E-state index in [0.717, 1.165) is 51.6 Å². The van der Waals surface area contributed by atoms with Crippen LogP contribution in [0.4, 0.5) is 5.69 Å². The monoisotopic (exact) mass is 332 g/mol. The summed E-state index contributed by atoms with van der Waals surface area (Å²) in [6.07, 6.45) is 4.24. The minimum atomic E-state index is -0.0878. The molecule has 24 heavy (non-hydrogen) atoms. The molecule has 0 spiro atoms. The zero-order valence-corrected chi connectivity index (χ0v) is 14.5. The minimum Gasteiger partial charge on any atom is -0.379 e. The van der Waals surface area contributed by atoms with Crippen molar-refractivity contribution in [1.82, 2.24) is 15.2 Å². The Morgan fingerprint density at radius 2 is 2.21 bits per heavy atom. The van der Waals surface area contributed by atoms with Gasteiger partial charge in [0.2, 0.25) is 0 Å². The molecule has 0 aromatic carbocycles. The highest BCUT2D eigenvalue weighted by Gasteiger charge is 2.18. The maximum absolute atomic E-state index is 12.4. The second-order valence-electron chi connectivity index (χ2n) is 6.80. The number of piperidine rings is 1. The van der Waals surface area contributed by atoms with E-state index in [1.54, 1.807) is 6.20 Å². The maximum atomic E-state index is 12.4. The summed E-state index contributed by atoms with van der Waals surface area (Å²) in [6.45, 7) is 9.36. The molecule has 1 amide bonds. The van der Waals surface area contributed by atoms with Crippen LogP contribution >= 0.6 is 0 Å². The molecule has 0 bridgehead atoms. The van der Waals surface area contributed by atoms with Crippen LogP contribution in [-0.4, -0.2) is 68.3 Å². The van der Waals surface area contributed by atoms with E-state index in [0.29, 0.717) is 18.2 Å². The van der Waals surface area contributed by atoms with Gasteiger partial charge in [0, 0.05) is 51.2 Å². The Labute approximate surface area is 144 Å². The smallest absolute Gasteiger partial charge is 0.269 e. The predicted molar refractivity (Wildman–Crippen MR) is 94.4 cm³/mol. The molecule has 6 heteroatoms. The van der Waals surface area contributed by atoms with Gasteiger partial charge in [-0.25, -0.2) is 0 Å². The molecule has 0 aliphatic carbocycles. The first-order valence-electron chi connectivity index (χ1n) is 9.01. The topological polar surface area (TPSA) is 57.7 Å². The molecule has 2 aliphatic rings. The van der Waals surface area contributed by atoms with Crippen LogP contribution in [-0.2, 0) is 4.74 Å². The number of pyridine rings is 1. The number of nitrogens with one attached hydrogen (secondary N) is 1. The van der Waals surface area contributed by atoms with E-state index in [2.05, 4.69) is 27.0 Å². The van der Waals surface area contributed by atoms with Gasteiger partial charge in [-0.05, 0) is 30.9 Å². The molecule has 1 aromatic rings. The van der Waals surface area contributed by atoms with Gasteiger partial charge in [-0.2, -0.15) is 0 Å². The highest BCUT2D eigenvalue weighted by Crippen LogP contribution is 2.22. The standard InChI is InChI=1S/C18H28N4O2/c1-15-3-2-7-22(14-15)16-4-5-19-17(13-16)18(23)20-6-8-21-9-11-24-12-10-21/h4-5,13,15H,2-3,6-12,14H2,1H3,(H,20,23). The third-order valence-corrected chi connectivity index (χ3v) is 4.82. The van der Waals surface area contributed by atoms with Crippen molar-refractivity contribution in [1.29, 1.82) is 0 Å². The van der Waals surface area contributed by atoms with E-state index in [9.17, 15) is 4.79 Å². The average Bonchev–Trinajstić information content (AvgIpc) is 2.63. The number of hydrogen-bond donors (Lipinski definition) is 1. The summed E-state index contributed by atoms with van der Waals surface area (Å²) < 4.78 is 5.33. The van der Waals surface area contributed by atoms with Gasteiger partial charge in [-0.1, -0.05) is 6.92 Å². The molecule has 1 aromatic heterocycles. The first-order chi connectivity index (χ1) is 11.7. The third-order valence-electron chi connectivity index (χ3n) is 4.82. The molecule has 2 saturated heterocycles. The third kappa shape index (κ3) is 4.68. The second kappa shape index (κ2) is 8.44. The van der Waals surface area contributed by atoms with Gasteiger partial charge in [0.15, 0.2) is 0 Å². The fourth-order valence-electron chi connectivity index (χ4n) is 3.41. The summed E-state index contributed by atoms with van der Waals surface area (Å²) in [4.78, 5) is 21.3. The van der Waals surface area contributed by atoms with Crippen LogP contribution in [0.2, 0.25) is 0 Å². The van der Waals surface area contributed by atoms with E-state index in [1.807, 2.05) is 12.1 Å². The Morgan fingerprint density at radius 3 is 3.00 bits per heavy atom. The van der Waals surface area contributed by atoms with Crippen molar-refractivity contribution in [3.05, 3.63) is 24.0 Å². The van der Waals surface area contributed by atoms with Crippen LogP contribution in [0.25, 0.3) is 0 Å². The largest absolute Gasteiger partial charge is 0.379 e. The molecule has 0 saturated carbocycles. The molecule has 2 fully saturated rings. The molecule has 1 atom stereocenters. The van der Waals surface area contributed by atoms with Crippen LogP contribution < -0.4 is 10.2 Å². The number of anilines is 1. The van der Waals surface area contributed by atoms with E-state index in [1.165, 1.54) is 12.8 Å². The highest BCUT2D eigenvalue weighted by molar-refractivity contribution is 5.93. The average molecular weight is 332 g/mol. The summed E-state index contributed by atoms with van der Waals surface area (Å²) in [7, 11) is 0. The lowest BCUT2D eigenvalue weighted by molar-refractivity contribution is 0.0383. The van der Waals surface area contributed by atoms with Crippen LogP contribution in [0.15, 0.2) is 18.3 Å². The number of carbonyl (C=O) groups is 1. The lowest BCUT2D eigenvalue weighted by atomic mass is 10.00. The molecular formula is C18H28N4O2. The maximum Gasteiger partial charge on any atom is 0.269 e. The zero-order chi connectivity index (χ0) is 16.8. The first kappa shape index (κ1) is 17.2. The fraction of sp³-hybridized carbons (Fsp3) is 0.667. The van der Waals surface area contributed by atoms with Gasteiger partial charge in [0.1, 0.15) is 5.69 Å². The molecule has 3 rings (SSSR count). The van der Waals surface area contributed by atoms with Gasteiger partial charge in [0.05, 0.1) is 13.2 Å². The molecule has 6 nitrogen and oxygen atoms in total. The number of hydrogen-bond acceptors (Lipinski definition) is 5. The zero-order valence-electron chi connectivity index (χ0n) is 14.5. The van der Waals surface area contributed by atoms with Crippen molar-refractivity contribution in [2.45, 2.75) is 19.8 Å². The van der Waals surface area contributed by atoms with E-state index >= 15 is 0 Å². The molecule has 3 heterocycles. The molecular weight excluding hydrogens is 304 g/mol. The van der Waals surface area contributed by atoms with Crippen molar-refractivity contribution >= 4 is 11.6 Å². The lowest BCUT2D eigenvalue weighted by Gasteiger charge is -2.32. The van der Waals surface area contributed by atoms with E-state index < -0.39 is 0 Å². The summed E-state index contributed by atoms with van der Waals surface area (Å²) in [5, 5.41) is 2.98. The Morgan fingerprint density at radius 1 is 1.38 bits per heavy atom. The first-order valence-corrected chi connectivity index (χ1v) is 9.01. The Hall–Kier alpha value is -1.66. The number of nitrogens with zero attached hydrogens (tertiary/aromatic N) is 3. The van der Waals surface area contributed by atoms with Gasteiger partial charge in [-0.15, -0.1) is 0 Å². The molecule has 1 N–H and O–H groups in total. The Bertz CT molecular complexity index is 546. The normalized spacial score (nSPS) is 22.4. The van der Waals surface area contributed by atoms with Crippen molar-refractivity contribution in [2.24, 2.45) is 5.92 Å². The molecule has 2 aliphatic heterocycles. The second-order valence-corrected chi connectivity index (χ2v) is 6.80. The number of morpholine rings is 1. The molecule has 0 radical (unpaired) electrons. The summed E-state index contributed by atoms with van der Waals surface area (Å²) in [5.41, 5.74) is 1.61. The van der Waals surface area contributed by atoms with Crippen molar-refractivity contribution in [3.8, 4) is 0 Å². The van der Waals surface area contributed by atoms with E-state index in [4.69, 9.17) is 4.74 Å². The van der Waals surface area contributed by atoms with Crippen molar-refractivity contribution < 1.29 is 9.53 Å². The quantitative estimate of drug-likeness (QED) is 0.883. The number of ether oxygens (including phenoxy) is 1.